The smallest absolute Gasteiger partial charge is 0.252 e. The number of halogens is 2. The number of hydrogen-bond acceptors (Lipinski definition) is 3. The van der Waals surface area contributed by atoms with E-state index in [1.54, 1.807) is 0 Å². The van der Waals surface area contributed by atoms with Crippen molar-refractivity contribution in [3.63, 3.8) is 0 Å². The van der Waals surface area contributed by atoms with Crippen LogP contribution in [0.3, 0.4) is 0 Å². The highest BCUT2D eigenvalue weighted by Gasteiger charge is 2.16. The van der Waals surface area contributed by atoms with E-state index in [0.29, 0.717) is 15.8 Å². The summed E-state index contributed by atoms with van der Waals surface area (Å²) in [6.07, 6.45) is 2.08. The van der Waals surface area contributed by atoms with Gasteiger partial charge in [0.2, 0.25) is 0 Å². The third-order valence-electron chi connectivity index (χ3n) is 2.35. The molecule has 1 rings (SSSR count). The molecule has 0 atom stereocenters. The Morgan fingerprint density at radius 3 is 2.80 bits per heavy atom. The monoisotopic (exact) mass is 359 g/mol. The highest BCUT2D eigenvalue weighted by atomic mass is 79.9. The fourth-order valence-corrected chi connectivity index (χ4v) is 2.74. The normalized spacial score (nSPS) is 9.95. The summed E-state index contributed by atoms with van der Waals surface area (Å²) >= 11 is 4.07. The molecule has 1 aromatic rings. The molecule has 0 spiro atoms. The van der Waals surface area contributed by atoms with E-state index >= 15 is 0 Å². The van der Waals surface area contributed by atoms with E-state index < -0.39 is 11.7 Å². The number of carbonyl (C=O) groups is 2. The number of carbonyl (C=O) groups excluding carboxylic acids is 2. The highest BCUT2D eigenvalue weighted by Crippen LogP contribution is 2.32. The summed E-state index contributed by atoms with van der Waals surface area (Å²) in [4.78, 5) is 25.9. The van der Waals surface area contributed by atoms with Gasteiger partial charge >= 0.3 is 0 Å². The Labute approximate surface area is 127 Å². The number of hydrogen-bond donors (Lipinski definition) is 0. The molecule has 0 aliphatic carbocycles. The first-order valence-corrected chi connectivity index (χ1v) is 7.39. The van der Waals surface area contributed by atoms with Crippen LogP contribution in [0.5, 0.6) is 0 Å². The Morgan fingerprint density at radius 2 is 2.20 bits per heavy atom. The lowest BCUT2D eigenvalue weighted by atomic mass is 10.2. The van der Waals surface area contributed by atoms with Crippen LogP contribution in [0.15, 0.2) is 26.6 Å². The zero-order chi connectivity index (χ0) is 15.1. The topological polar surface area (TPSA) is 82.9 Å². The van der Waals surface area contributed by atoms with Gasteiger partial charge in [-0.1, -0.05) is 25.1 Å². The van der Waals surface area contributed by atoms with Crippen LogP contribution >= 0.6 is 27.7 Å². The average molecular weight is 360 g/mol. The molecule has 0 saturated heterocycles. The van der Waals surface area contributed by atoms with E-state index in [2.05, 4.69) is 26.0 Å². The number of nitrogens with zero attached hydrogens (tertiary/aromatic N) is 3. The Balaban J connectivity index is 3.02. The Morgan fingerprint density at radius 1 is 1.50 bits per heavy atom. The highest BCUT2D eigenvalue weighted by molar-refractivity contribution is 9.10. The van der Waals surface area contributed by atoms with Crippen LogP contribution < -0.4 is 0 Å². The molecule has 5 nitrogen and oxygen atoms in total. The SMILES string of the molecule is CCCCC(=O)Sc1cc(C(=O)N=[N+]=[N-])c(F)cc1Br. The largest absolute Gasteiger partial charge is 0.287 e. The van der Waals surface area contributed by atoms with Gasteiger partial charge in [0.05, 0.1) is 5.56 Å². The molecule has 0 radical (unpaired) electrons. The van der Waals surface area contributed by atoms with Crippen LogP contribution in [0.1, 0.15) is 36.5 Å². The van der Waals surface area contributed by atoms with Crippen molar-refractivity contribution >= 4 is 38.7 Å². The maximum absolute atomic E-state index is 13.6. The minimum atomic E-state index is -1.01. The van der Waals surface area contributed by atoms with Crippen LogP contribution in [-0.2, 0) is 4.79 Å². The first-order valence-electron chi connectivity index (χ1n) is 5.78. The Bertz CT molecular complexity index is 588. The van der Waals surface area contributed by atoms with Crippen LogP contribution in [-0.4, -0.2) is 11.0 Å². The molecule has 1 aromatic carbocycles. The Kier molecular flexibility index (Phi) is 6.70. The lowest BCUT2D eigenvalue weighted by molar-refractivity contribution is -0.111. The second kappa shape index (κ2) is 8.04. The molecule has 0 aliphatic heterocycles. The van der Waals surface area contributed by atoms with E-state index in [-0.39, 0.29) is 10.7 Å². The van der Waals surface area contributed by atoms with E-state index in [9.17, 15) is 14.0 Å². The third kappa shape index (κ3) is 4.63. The molecule has 0 aromatic heterocycles. The number of azide groups is 1. The fourth-order valence-electron chi connectivity index (χ4n) is 1.36. The molecule has 0 aliphatic rings. The molecule has 0 saturated carbocycles. The number of rotatable bonds is 5. The fraction of sp³-hybridized carbons (Fsp3) is 0.333. The molecular weight excluding hydrogens is 349 g/mol. The molecule has 8 heteroatoms. The van der Waals surface area contributed by atoms with Crippen LogP contribution in [0, 0.1) is 5.82 Å². The quantitative estimate of drug-likeness (QED) is 0.326. The first kappa shape index (κ1) is 16.7. The number of thioether (sulfide) groups is 1. The van der Waals surface area contributed by atoms with Gasteiger partial charge in [-0.2, -0.15) is 0 Å². The van der Waals surface area contributed by atoms with Gasteiger partial charge in [0.15, 0.2) is 5.12 Å². The molecular formula is C12H11BrFN3O2S. The Hall–Kier alpha value is -1.37. The van der Waals surface area contributed by atoms with Crippen molar-refractivity contribution in [2.45, 2.75) is 31.1 Å². The van der Waals surface area contributed by atoms with Crippen LogP contribution in [0.4, 0.5) is 4.39 Å². The summed E-state index contributed by atoms with van der Waals surface area (Å²) in [5.41, 5.74) is 7.85. The van der Waals surface area contributed by atoms with Crippen molar-refractivity contribution in [1.29, 1.82) is 0 Å². The number of benzene rings is 1. The minimum Gasteiger partial charge on any atom is -0.287 e. The van der Waals surface area contributed by atoms with Gasteiger partial charge in [-0.05, 0) is 45.1 Å². The zero-order valence-corrected chi connectivity index (χ0v) is 13.0. The molecule has 20 heavy (non-hydrogen) atoms. The van der Waals surface area contributed by atoms with Crippen molar-refractivity contribution in [2.75, 3.05) is 0 Å². The second-order valence-electron chi connectivity index (χ2n) is 3.83. The minimum absolute atomic E-state index is 0.0682. The summed E-state index contributed by atoms with van der Waals surface area (Å²) in [5.74, 6) is -1.82. The molecule has 106 valence electrons. The molecule has 0 heterocycles. The van der Waals surface area contributed by atoms with Gasteiger partial charge in [-0.25, -0.2) is 4.39 Å². The number of amides is 1. The molecule has 0 N–H and O–H groups in total. The van der Waals surface area contributed by atoms with Crippen LogP contribution in [0.2, 0.25) is 0 Å². The first-order chi connectivity index (χ1) is 9.49. The standard InChI is InChI=1S/C12H11BrFN3O2S/c1-2-3-4-11(18)20-10-5-7(12(19)16-17-15)9(14)6-8(10)13/h5-6H,2-4H2,1H3. The van der Waals surface area contributed by atoms with Gasteiger partial charge in [0.1, 0.15) is 5.82 Å². The summed E-state index contributed by atoms with van der Waals surface area (Å²) in [7, 11) is 0. The van der Waals surface area contributed by atoms with Crippen molar-refractivity contribution in [1.82, 2.24) is 0 Å². The summed E-state index contributed by atoms with van der Waals surface area (Å²) < 4.78 is 14.0. The molecule has 0 unspecified atom stereocenters. The number of unbranched alkanes of at least 4 members (excludes halogenated alkanes) is 1. The van der Waals surface area contributed by atoms with Crippen molar-refractivity contribution in [3.05, 3.63) is 38.4 Å². The summed E-state index contributed by atoms with van der Waals surface area (Å²) in [6, 6.07) is 2.29. The van der Waals surface area contributed by atoms with E-state index in [4.69, 9.17) is 5.53 Å². The van der Waals surface area contributed by atoms with Gasteiger partial charge in [-0.15, -0.1) is 0 Å². The van der Waals surface area contributed by atoms with Gasteiger partial charge in [0.25, 0.3) is 5.91 Å². The van der Waals surface area contributed by atoms with E-state index in [0.717, 1.165) is 30.7 Å². The molecule has 1 amide bonds. The third-order valence-corrected chi connectivity index (χ3v) is 4.25. The maximum atomic E-state index is 13.6. The predicted octanol–water partition coefficient (Wildman–Crippen LogP) is 4.85. The molecule has 0 fully saturated rings. The lowest BCUT2D eigenvalue weighted by Gasteiger charge is -2.06. The van der Waals surface area contributed by atoms with Gasteiger partial charge in [0, 0.05) is 20.7 Å². The lowest BCUT2D eigenvalue weighted by Crippen LogP contribution is -2.00. The van der Waals surface area contributed by atoms with E-state index in [1.807, 2.05) is 6.92 Å². The molecule has 0 bridgehead atoms. The predicted molar refractivity (Wildman–Crippen MR) is 78.0 cm³/mol. The zero-order valence-electron chi connectivity index (χ0n) is 10.6. The van der Waals surface area contributed by atoms with Gasteiger partial charge < -0.3 is 0 Å². The summed E-state index contributed by atoms with van der Waals surface area (Å²) in [5, 5.41) is 2.78. The van der Waals surface area contributed by atoms with Crippen molar-refractivity contribution in [3.8, 4) is 0 Å². The van der Waals surface area contributed by atoms with Crippen LogP contribution in [0.25, 0.3) is 10.4 Å². The average Bonchev–Trinajstić information content (AvgIpc) is 2.39. The van der Waals surface area contributed by atoms with E-state index in [1.165, 1.54) is 6.07 Å². The van der Waals surface area contributed by atoms with Crippen molar-refractivity contribution < 1.29 is 14.0 Å². The van der Waals surface area contributed by atoms with Gasteiger partial charge in [-0.3, -0.25) is 9.59 Å². The summed E-state index contributed by atoms with van der Waals surface area (Å²) in [6.45, 7) is 1.97. The maximum Gasteiger partial charge on any atom is 0.252 e. The van der Waals surface area contributed by atoms with Crippen molar-refractivity contribution in [2.24, 2.45) is 5.11 Å². The second-order valence-corrected chi connectivity index (χ2v) is 5.79.